The summed E-state index contributed by atoms with van der Waals surface area (Å²) < 4.78 is 47.9. The van der Waals surface area contributed by atoms with E-state index in [4.69, 9.17) is 18.9 Å². The Hall–Kier alpha value is -4.33. The molecule has 35 heavy (non-hydrogen) atoms. The highest BCUT2D eigenvalue weighted by molar-refractivity contribution is 6.03. The smallest absolute Gasteiger partial charge is 0.248 e. The van der Waals surface area contributed by atoms with Crippen LogP contribution in [0, 0.1) is 11.6 Å². The summed E-state index contributed by atoms with van der Waals surface area (Å²) in [5.41, 5.74) is 2.33. The number of nitrogens with one attached hydrogen (secondary N) is 1. The maximum Gasteiger partial charge on any atom is 0.248 e. The first-order valence-corrected chi connectivity index (χ1v) is 10.5. The lowest BCUT2D eigenvalue weighted by atomic mass is 10.1. The molecule has 0 radical (unpaired) electrons. The Morgan fingerprint density at radius 1 is 0.743 bits per heavy atom. The van der Waals surface area contributed by atoms with Gasteiger partial charge in [-0.25, -0.2) is 8.78 Å². The van der Waals surface area contributed by atoms with E-state index in [0.29, 0.717) is 39.8 Å². The lowest BCUT2D eigenvalue weighted by molar-refractivity contribution is -0.111. The van der Waals surface area contributed by atoms with Gasteiger partial charge in [-0.3, -0.25) is 4.79 Å². The molecule has 1 amide bonds. The van der Waals surface area contributed by atoms with Gasteiger partial charge in [-0.2, -0.15) is 0 Å². The van der Waals surface area contributed by atoms with Crippen LogP contribution < -0.4 is 24.3 Å². The summed E-state index contributed by atoms with van der Waals surface area (Å²) in [7, 11) is 6.13. The van der Waals surface area contributed by atoms with Crippen molar-refractivity contribution in [3.8, 4) is 23.0 Å². The Bertz CT molecular complexity index is 1250. The topological polar surface area (TPSA) is 66.0 Å². The molecule has 8 heteroatoms. The first-order valence-electron chi connectivity index (χ1n) is 10.5. The van der Waals surface area contributed by atoms with Crippen LogP contribution in [-0.4, -0.2) is 34.3 Å². The van der Waals surface area contributed by atoms with Gasteiger partial charge < -0.3 is 24.3 Å². The summed E-state index contributed by atoms with van der Waals surface area (Å²) in [6, 6.07) is 12.2. The summed E-state index contributed by atoms with van der Waals surface area (Å²) >= 11 is 0. The van der Waals surface area contributed by atoms with Gasteiger partial charge in [0.05, 0.1) is 34.1 Å². The number of anilines is 1. The Morgan fingerprint density at radius 2 is 1.46 bits per heavy atom. The average Bonchev–Trinajstić information content (AvgIpc) is 2.87. The average molecular weight is 481 g/mol. The number of hydrogen-bond donors (Lipinski definition) is 1. The maximum atomic E-state index is 13.4. The largest absolute Gasteiger partial charge is 0.497 e. The van der Waals surface area contributed by atoms with E-state index in [0.717, 1.165) is 17.7 Å². The Labute approximate surface area is 202 Å². The number of carbonyl (C=O) groups is 1. The van der Waals surface area contributed by atoms with Crippen molar-refractivity contribution in [2.24, 2.45) is 0 Å². The molecule has 3 aromatic rings. The highest BCUT2D eigenvalue weighted by Gasteiger charge is 2.12. The molecule has 0 bridgehead atoms. The molecule has 0 fully saturated rings. The predicted molar refractivity (Wildman–Crippen MR) is 132 cm³/mol. The van der Waals surface area contributed by atoms with Crippen LogP contribution in [0.5, 0.6) is 23.0 Å². The van der Waals surface area contributed by atoms with Crippen LogP contribution in [0.4, 0.5) is 14.5 Å². The molecule has 3 aromatic carbocycles. The van der Waals surface area contributed by atoms with E-state index < -0.39 is 17.5 Å². The number of benzene rings is 3. The number of hydrogen-bond acceptors (Lipinski definition) is 5. The minimum absolute atomic E-state index is 0.354. The van der Waals surface area contributed by atoms with Crippen LogP contribution in [0.15, 0.2) is 54.6 Å². The zero-order valence-corrected chi connectivity index (χ0v) is 19.7. The predicted octanol–water partition coefficient (Wildman–Crippen LogP) is 5.82. The van der Waals surface area contributed by atoms with Crippen molar-refractivity contribution in [1.29, 1.82) is 0 Å². The molecule has 0 spiro atoms. The van der Waals surface area contributed by atoms with Gasteiger partial charge in [0.15, 0.2) is 23.1 Å². The molecular formula is C27H25F2NO5. The number of amides is 1. The summed E-state index contributed by atoms with van der Waals surface area (Å²) in [5.74, 6) is -0.335. The second-order valence-corrected chi connectivity index (χ2v) is 7.24. The van der Waals surface area contributed by atoms with Gasteiger partial charge in [0, 0.05) is 12.1 Å². The summed E-state index contributed by atoms with van der Waals surface area (Å²) in [6.45, 7) is 0. The van der Waals surface area contributed by atoms with E-state index >= 15 is 0 Å². The van der Waals surface area contributed by atoms with Crippen molar-refractivity contribution < 1.29 is 32.5 Å². The van der Waals surface area contributed by atoms with E-state index in [1.54, 1.807) is 30.3 Å². The van der Waals surface area contributed by atoms with Crippen molar-refractivity contribution >= 4 is 29.8 Å². The number of carbonyl (C=O) groups excluding carboxylic acids is 1. The standard InChI is InChI=1S/C27H25F2NO5/c1-32-20-10-9-19(8-5-18-14-24(33-2)27(35-4)25(15-18)34-3)23(16-20)30-26(31)12-7-17-6-11-21(28)22(29)13-17/h5-16H,1-4H3,(H,30,31)/b8-5+,12-7+. The molecular weight excluding hydrogens is 456 g/mol. The van der Waals surface area contributed by atoms with Gasteiger partial charge in [0.2, 0.25) is 11.7 Å². The van der Waals surface area contributed by atoms with Crippen molar-refractivity contribution in [2.75, 3.05) is 33.8 Å². The molecule has 0 aliphatic rings. The van der Waals surface area contributed by atoms with Gasteiger partial charge in [0.25, 0.3) is 0 Å². The van der Waals surface area contributed by atoms with Crippen molar-refractivity contribution in [1.82, 2.24) is 0 Å². The molecule has 0 atom stereocenters. The number of ether oxygens (including phenoxy) is 4. The third-order valence-electron chi connectivity index (χ3n) is 5.03. The molecule has 0 aromatic heterocycles. The Kier molecular flexibility index (Phi) is 8.45. The van der Waals surface area contributed by atoms with Crippen LogP contribution in [0.1, 0.15) is 16.7 Å². The highest BCUT2D eigenvalue weighted by Crippen LogP contribution is 2.38. The quantitative estimate of drug-likeness (QED) is 0.308. The van der Waals surface area contributed by atoms with Gasteiger partial charge in [-0.1, -0.05) is 18.2 Å². The normalized spacial score (nSPS) is 11.0. The van der Waals surface area contributed by atoms with E-state index in [-0.39, 0.29) is 0 Å². The van der Waals surface area contributed by atoms with Crippen LogP contribution in [0.2, 0.25) is 0 Å². The van der Waals surface area contributed by atoms with Crippen molar-refractivity contribution in [2.45, 2.75) is 0 Å². The minimum Gasteiger partial charge on any atom is -0.497 e. The SMILES string of the molecule is COc1ccc(/C=C/c2cc(OC)c(OC)c(OC)c2)c(NC(=O)/C=C/c2ccc(F)c(F)c2)c1. The summed E-state index contributed by atoms with van der Waals surface area (Å²) in [6.07, 6.45) is 6.27. The number of halogens is 2. The lowest BCUT2D eigenvalue weighted by Crippen LogP contribution is -2.09. The molecule has 6 nitrogen and oxygen atoms in total. The first kappa shape index (κ1) is 25.3. The third-order valence-corrected chi connectivity index (χ3v) is 5.03. The summed E-state index contributed by atoms with van der Waals surface area (Å²) in [5, 5.41) is 2.79. The van der Waals surface area contributed by atoms with E-state index in [2.05, 4.69) is 5.32 Å². The van der Waals surface area contributed by atoms with Crippen molar-refractivity contribution in [3.63, 3.8) is 0 Å². The number of rotatable bonds is 9. The molecule has 0 aliphatic carbocycles. The lowest BCUT2D eigenvalue weighted by Gasteiger charge is -2.13. The fraction of sp³-hybridized carbons (Fsp3) is 0.148. The number of methoxy groups -OCH3 is 4. The van der Waals surface area contributed by atoms with E-state index in [9.17, 15) is 13.6 Å². The molecule has 182 valence electrons. The minimum atomic E-state index is -0.987. The molecule has 0 unspecified atom stereocenters. The fourth-order valence-electron chi connectivity index (χ4n) is 3.26. The highest BCUT2D eigenvalue weighted by atomic mass is 19.2. The third kappa shape index (κ3) is 6.38. The van der Waals surface area contributed by atoms with Crippen LogP contribution in [0.25, 0.3) is 18.2 Å². The van der Waals surface area contributed by atoms with Crippen LogP contribution in [-0.2, 0) is 4.79 Å². The molecule has 1 N–H and O–H groups in total. The van der Waals surface area contributed by atoms with Gasteiger partial charge in [0.1, 0.15) is 5.75 Å². The van der Waals surface area contributed by atoms with Crippen molar-refractivity contribution in [3.05, 3.63) is 82.9 Å². The Balaban J connectivity index is 1.86. The monoisotopic (exact) mass is 481 g/mol. The zero-order valence-electron chi connectivity index (χ0n) is 19.7. The zero-order chi connectivity index (χ0) is 25.4. The van der Waals surface area contributed by atoms with E-state index in [1.165, 1.54) is 46.7 Å². The molecule has 0 aliphatic heterocycles. The first-order chi connectivity index (χ1) is 16.9. The molecule has 0 saturated carbocycles. The second kappa shape index (κ2) is 11.7. The fourth-order valence-corrected chi connectivity index (χ4v) is 3.26. The van der Waals surface area contributed by atoms with Gasteiger partial charge in [-0.15, -0.1) is 0 Å². The second-order valence-electron chi connectivity index (χ2n) is 7.24. The molecule has 0 heterocycles. The Morgan fingerprint density at radius 3 is 2.06 bits per heavy atom. The summed E-state index contributed by atoms with van der Waals surface area (Å²) in [4.78, 5) is 12.5. The van der Waals surface area contributed by atoms with Gasteiger partial charge in [-0.05, 0) is 59.2 Å². The van der Waals surface area contributed by atoms with Crippen LogP contribution in [0.3, 0.4) is 0 Å². The van der Waals surface area contributed by atoms with E-state index in [1.807, 2.05) is 12.2 Å². The van der Waals surface area contributed by atoms with Crippen LogP contribution >= 0.6 is 0 Å². The molecule has 3 rings (SSSR count). The van der Waals surface area contributed by atoms with Gasteiger partial charge >= 0.3 is 0 Å². The molecule has 0 saturated heterocycles. The maximum absolute atomic E-state index is 13.4.